The standard InChI is InChI=1S/C12H15NO.C3H6O/c1-2-4-11(5-3-1)14-9-13-7-6-10-8-12(10)13;1-3(2)4/h1-5,10,12H,6-9H2;1-2H3. The van der Waals surface area contributed by atoms with E-state index >= 15 is 0 Å². The van der Waals surface area contributed by atoms with Crippen molar-refractivity contribution in [2.45, 2.75) is 32.7 Å². The summed E-state index contributed by atoms with van der Waals surface area (Å²) in [6.45, 7) is 5.05. The Morgan fingerprint density at radius 3 is 2.50 bits per heavy atom. The molecule has 1 aliphatic heterocycles. The normalized spacial score (nSPS) is 24.8. The number of para-hydroxylation sites is 1. The van der Waals surface area contributed by atoms with Crippen molar-refractivity contribution in [3.63, 3.8) is 0 Å². The van der Waals surface area contributed by atoms with Gasteiger partial charge in [-0.1, -0.05) is 18.2 Å². The highest BCUT2D eigenvalue weighted by molar-refractivity contribution is 5.72. The van der Waals surface area contributed by atoms with Crippen LogP contribution < -0.4 is 4.74 Å². The average molecular weight is 247 g/mol. The van der Waals surface area contributed by atoms with Gasteiger partial charge in [0.1, 0.15) is 18.3 Å². The van der Waals surface area contributed by atoms with Gasteiger partial charge in [0.25, 0.3) is 0 Å². The third-order valence-electron chi connectivity index (χ3n) is 3.28. The van der Waals surface area contributed by atoms with Crippen LogP contribution in [-0.4, -0.2) is 30.0 Å². The summed E-state index contributed by atoms with van der Waals surface area (Å²) in [7, 11) is 0. The lowest BCUT2D eigenvalue weighted by Gasteiger charge is -2.17. The molecule has 3 nitrogen and oxygen atoms in total. The molecular formula is C15H21NO2. The number of hydrogen-bond acceptors (Lipinski definition) is 3. The molecule has 18 heavy (non-hydrogen) atoms. The van der Waals surface area contributed by atoms with Gasteiger partial charge in [0, 0.05) is 12.6 Å². The molecule has 1 aromatic carbocycles. The second-order valence-electron chi connectivity index (χ2n) is 5.16. The molecule has 0 spiro atoms. The van der Waals surface area contributed by atoms with Crippen LogP contribution >= 0.6 is 0 Å². The Kier molecular flexibility index (Phi) is 4.37. The summed E-state index contributed by atoms with van der Waals surface area (Å²) < 4.78 is 5.71. The van der Waals surface area contributed by atoms with Crippen molar-refractivity contribution in [1.82, 2.24) is 4.90 Å². The van der Waals surface area contributed by atoms with E-state index < -0.39 is 0 Å². The molecule has 1 aromatic rings. The van der Waals surface area contributed by atoms with Crippen molar-refractivity contribution in [3.05, 3.63) is 30.3 Å². The zero-order chi connectivity index (χ0) is 13.0. The lowest BCUT2D eigenvalue weighted by Crippen LogP contribution is -2.27. The predicted octanol–water partition coefficient (Wildman–Crippen LogP) is 2.71. The van der Waals surface area contributed by atoms with E-state index in [-0.39, 0.29) is 5.78 Å². The van der Waals surface area contributed by atoms with Gasteiger partial charge in [-0.2, -0.15) is 0 Å². The van der Waals surface area contributed by atoms with Crippen molar-refractivity contribution in [1.29, 1.82) is 0 Å². The molecule has 2 aliphatic rings. The number of ether oxygens (including phenoxy) is 1. The van der Waals surface area contributed by atoms with E-state index in [1.54, 1.807) is 0 Å². The van der Waals surface area contributed by atoms with Gasteiger partial charge in [0.15, 0.2) is 0 Å². The first kappa shape index (κ1) is 13.1. The van der Waals surface area contributed by atoms with Crippen LogP contribution in [-0.2, 0) is 4.79 Å². The Bertz CT molecular complexity index is 387. The van der Waals surface area contributed by atoms with Gasteiger partial charge in [0.2, 0.25) is 0 Å². The first-order chi connectivity index (χ1) is 8.66. The first-order valence-electron chi connectivity index (χ1n) is 6.56. The Morgan fingerprint density at radius 2 is 2.00 bits per heavy atom. The van der Waals surface area contributed by atoms with E-state index in [0.29, 0.717) is 0 Å². The molecule has 1 aliphatic carbocycles. The molecule has 1 saturated carbocycles. The Labute approximate surface area is 109 Å². The molecule has 2 atom stereocenters. The van der Waals surface area contributed by atoms with Gasteiger partial charge in [-0.3, -0.25) is 4.90 Å². The summed E-state index contributed by atoms with van der Waals surface area (Å²) in [4.78, 5) is 11.9. The summed E-state index contributed by atoms with van der Waals surface area (Å²) >= 11 is 0. The van der Waals surface area contributed by atoms with Gasteiger partial charge in [-0.05, 0) is 44.7 Å². The number of hydrogen-bond donors (Lipinski definition) is 0. The SMILES string of the molecule is CC(C)=O.c1ccc(OCN2CCC3CC32)cc1. The Morgan fingerprint density at radius 1 is 1.33 bits per heavy atom. The molecule has 3 heteroatoms. The molecule has 0 N–H and O–H groups in total. The van der Waals surface area contributed by atoms with Crippen LogP contribution in [0.2, 0.25) is 0 Å². The first-order valence-corrected chi connectivity index (χ1v) is 6.56. The molecule has 0 bridgehead atoms. The van der Waals surface area contributed by atoms with Gasteiger partial charge < -0.3 is 9.53 Å². The van der Waals surface area contributed by atoms with Crippen LogP contribution in [0.5, 0.6) is 5.75 Å². The number of fused-ring (bicyclic) bond motifs is 1. The van der Waals surface area contributed by atoms with Crippen LogP contribution in [0.4, 0.5) is 0 Å². The van der Waals surface area contributed by atoms with E-state index in [4.69, 9.17) is 4.74 Å². The smallest absolute Gasteiger partial charge is 0.142 e. The average Bonchev–Trinajstić information content (AvgIpc) is 3.01. The minimum absolute atomic E-state index is 0.167. The van der Waals surface area contributed by atoms with Crippen LogP contribution in [0.1, 0.15) is 26.7 Å². The highest BCUT2D eigenvalue weighted by Crippen LogP contribution is 2.44. The van der Waals surface area contributed by atoms with Crippen molar-refractivity contribution in [2.24, 2.45) is 5.92 Å². The molecule has 0 radical (unpaired) electrons. The van der Waals surface area contributed by atoms with Gasteiger partial charge in [0.05, 0.1) is 0 Å². The molecule has 1 saturated heterocycles. The maximum absolute atomic E-state index is 9.44. The van der Waals surface area contributed by atoms with E-state index in [1.165, 1.54) is 33.2 Å². The molecule has 3 rings (SSSR count). The van der Waals surface area contributed by atoms with Crippen LogP contribution in [0.25, 0.3) is 0 Å². The zero-order valence-electron chi connectivity index (χ0n) is 11.1. The fraction of sp³-hybridized carbons (Fsp3) is 0.533. The summed E-state index contributed by atoms with van der Waals surface area (Å²) in [6.07, 6.45) is 2.78. The second-order valence-corrected chi connectivity index (χ2v) is 5.16. The van der Waals surface area contributed by atoms with E-state index in [9.17, 15) is 4.79 Å². The largest absolute Gasteiger partial charge is 0.478 e. The summed E-state index contributed by atoms with van der Waals surface area (Å²) in [5, 5.41) is 0. The van der Waals surface area contributed by atoms with Crippen molar-refractivity contribution < 1.29 is 9.53 Å². The van der Waals surface area contributed by atoms with Crippen LogP contribution in [0.3, 0.4) is 0 Å². The number of rotatable bonds is 3. The fourth-order valence-electron chi connectivity index (χ4n) is 2.32. The third-order valence-corrected chi connectivity index (χ3v) is 3.28. The maximum Gasteiger partial charge on any atom is 0.142 e. The van der Waals surface area contributed by atoms with Crippen molar-refractivity contribution in [3.8, 4) is 5.75 Å². The minimum atomic E-state index is 0.167. The van der Waals surface area contributed by atoms with Gasteiger partial charge in [-0.15, -0.1) is 0 Å². The number of likely N-dealkylation sites (tertiary alicyclic amines) is 1. The van der Waals surface area contributed by atoms with Gasteiger partial charge in [-0.25, -0.2) is 0 Å². The van der Waals surface area contributed by atoms with Crippen LogP contribution in [0.15, 0.2) is 30.3 Å². The number of piperidine rings is 1. The number of carbonyl (C=O) groups is 1. The molecule has 2 fully saturated rings. The fourth-order valence-corrected chi connectivity index (χ4v) is 2.32. The monoisotopic (exact) mass is 247 g/mol. The molecule has 2 unspecified atom stereocenters. The van der Waals surface area contributed by atoms with E-state index in [0.717, 1.165) is 24.4 Å². The number of Topliss-reactive ketones (excluding diaryl/α,β-unsaturated/α-hetero) is 1. The topological polar surface area (TPSA) is 29.5 Å². The summed E-state index contributed by atoms with van der Waals surface area (Å²) in [5.41, 5.74) is 0. The van der Waals surface area contributed by atoms with E-state index in [2.05, 4.69) is 4.90 Å². The van der Waals surface area contributed by atoms with Crippen LogP contribution in [0, 0.1) is 5.92 Å². The summed E-state index contributed by atoms with van der Waals surface area (Å²) in [5.74, 6) is 2.14. The van der Waals surface area contributed by atoms with Gasteiger partial charge >= 0.3 is 0 Å². The highest BCUT2D eigenvalue weighted by atomic mass is 16.5. The number of ketones is 1. The molecular weight excluding hydrogens is 226 g/mol. The van der Waals surface area contributed by atoms with E-state index in [1.807, 2.05) is 30.3 Å². The van der Waals surface area contributed by atoms with Crippen molar-refractivity contribution >= 4 is 5.78 Å². The summed E-state index contributed by atoms with van der Waals surface area (Å²) in [6, 6.07) is 10.9. The second kappa shape index (κ2) is 6.01. The molecule has 0 aromatic heterocycles. The molecule has 1 heterocycles. The number of nitrogens with zero attached hydrogens (tertiary/aromatic N) is 1. The number of benzene rings is 1. The Hall–Kier alpha value is -1.35. The maximum atomic E-state index is 9.44. The zero-order valence-corrected chi connectivity index (χ0v) is 11.1. The Balaban J connectivity index is 0.000000267. The lowest BCUT2D eigenvalue weighted by atomic mass is 10.3. The van der Waals surface area contributed by atoms with Crippen molar-refractivity contribution in [2.75, 3.05) is 13.3 Å². The predicted molar refractivity (Wildman–Crippen MR) is 71.5 cm³/mol. The quantitative estimate of drug-likeness (QED) is 0.822. The molecule has 0 amide bonds. The number of carbonyl (C=O) groups excluding carboxylic acids is 1. The molecule has 98 valence electrons. The minimum Gasteiger partial charge on any atom is -0.478 e. The highest BCUT2D eigenvalue weighted by Gasteiger charge is 2.46. The third kappa shape index (κ3) is 3.84. The lowest BCUT2D eigenvalue weighted by molar-refractivity contribution is -0.114.